The number of hydrogen-bond donors (Lipinski definition) is 1. The summed E-state index contributed by atoms with van der Waals surface area (Å²) < 4.78 is 11.3. The lowest BCUT2D eigenvalue weighted by Gasteiger charge is -2.22. The molecule has 0 fully saturated rings. The molecule has 0 aliphatic heterocycles. The molecule has 1 aromatic carbocycles. The van der Waals surface area contributed by atoms with Crippen molar-refractivity contribution in [2.24, 2.45) is 0 Å². The number of anilines is 1. The van der Waals surface area contributed by atoms with E-state index in [0.29, 0.717) is 26.7 Å². The van der Waals surface area contributed by atoms with Crippen LogP contribution in [-0.4, -0.2) is 30.3 Å². The molecular formula is C17H22BrN3O3S. The first-order chi connectivity index (χ1) is 11.9. The van der Waals surface area contributed by atoms with Crippen LogP contribution in [-0.2, 0) is 5.41 Å². The molecule has 0 atom stereocenters. The first-order valence-corrected chi connectivity index (χ1v) is 9.56. The average molecular weight is 428 g/mol. The van der Waals surface area contributed by atoms with Gasteiger partial charge < -0.3 is 9.47 Å². The highest BCUT2D eigenvalue weighted by Crippen LogP contribution is 2.37. The van der Waals surface area contributed by atoms with Crippen molar-refractivity contribution in [3.63, 3.8) is 0 Å². The van der Waals surface area contributed by atoms with Crippen LogP contribution in [0, 0.1) is 0 Å². The van der Waals surface area contributed by atoms with Gasteiger partial charge in [0.25, 0.3) is 5.91 Å². The van der Waals surface area contributed by atoms with Crippen molar-refractivity contribution in [3.05, 3.63) is 27.2 Å². The zero-order chi connectivity index (χ0) is 18.6. The van der Waals surface area contributed by atoms with E-state index in [0.717, 1.165) is 17.8 Å². The number of rotatable bonds is 7. The van der Waals surface area contributed by atoms with Crippen LogP contribution < -0.4 is 14.8 Å². The molecule has 8 heteroatoms. The van der Waals surface area contributed by atoms with Crippen LogP contribution in [0.25, 0.3) is 0 Å². The fraction of sp³-hybridized carbons (Fsp3) is 0.471. The number of nitrogens with zero attached hydrogens (tertiary/aromatic N) is 2. The van der Waals surface area contributed by atoms with E-state index in [-0.39, 0.29) is 11.3 Å². The predicted molar refractivity (Wildman–Crippen MR) is 103 cm³/mol. The third-order valence-corrected chi connectivity index (χ3v) is 6.21. The van der Waals surface area contributed by atoms with Crippen molar-refractivity contribution >= 4 is 38.3 Å². The zero-order valence-corrected chi connectivity index (χ0v) is 17.4. The number of hydrogen-bond acceptors (Lipinski definition) is 6. The minimum Gasteiger partial charge on any atom is -0.496 e. The molecule has 0 saturated heterocycles. The van der Waals surface area contributed by atoms with Crippen LogP contribution in [0.5, 0.6) is 11.5 Å². The molecule has 0 spiro atoms. The van der Waals surface area contributed by atoms with E-state index in [1.54, 1.807) is 12.1 Å². The number of benzene rings is 1. The molecule has 1 N–H and O–H groups in total. The molecule has 2 rings (SSSR count). The van der Waals surface area contributed by atoms with Crippen molar-refractivity contribution in [3.8, 4) is 11.5 Å². The number of carbonyl (C=O) groups excluding carboxylic acids is 1. The summed E-state index contributed by atoms with van der Waals surface area (Å²) in [5.74, 6) is 0.482. The standard InChI is InChI=1S/C17H22BrN3O3S/c1-6-17(3,7-2)15-20-21-16(25-15)19-14(22)12-11(23-4)9-8-10(18)13(12)24-5/h8-9H,6-7H2,1-5H3,(H,19,21,22). The Morgan fingerprint density at radius 3 is 2.48 bits per heavy atom. The van der Waals surface area contributed by atoms with Gasteiger partial charge in [0.05, 0.1) is 18.7 Å². The quantitative estimate of drug-likeness (QED) is 0.695. The summed E-state index contributed by atoms with van der Waals surface area (Å²) in [5.41, 5.74) is 0.274. The van der Waals surface area contributed by atoms with Crippen molar-refractivity contribution in [1.29, 1.82) is 0 Å². The van der Waals surface area contributed by atoms with Crippen LogP contribution in [0.15, 0.2) is 16.6 Å². The fourth-order valence-electron chi connectivity index (χ4n) is 2.35. The molecule has 1 aromatic heterocycles. The van der Waals surface area contributed by atoms with Gasteiger partial charge in [0.2, 0.25) is 5.13 Å². The Balaban J connectivity index is 2.33. The first kappa shape index (κ1) is 19.7. The summed E-state index contributed by atoms with van der Waals surface area (Å²) in [6.07, 6.45) is 1.92. The Hall–Kier alpha value is -1.67. The van der Waals surface area contributed by atoms with E-state index in [9.17, 15) is 4.79 Å². The number of nitrogens with one attached hydrogen (secondary N) is 1. The summed E-state index contributed by atoms with van der Waals surface area (Å²) in [7, 11) is 3.02. The fourth-order valence-corrected chi connectivity index (χ4v) is 3.87. The van der Waals surface area contributed by atoms with E-state index in [1.165, 1.54) is 25.6 Å². The van der Waals surface area contributed by atoms with Crippen molar-refractivity contribution in [2.75, 3.05) is 19.5 Å². The number of methoxy groups -OCH3 is 2. The van der Waals surface area contributed by atoms with Crippen LogP contribution in [0.4, 0.5) is 5.13 Å². The number of aromatic nitrogens is 2. The van der Waals surface area contributed by atoms with Gasteiger partial charge in [-0.25, -0.2) is 0 Å². The van der Waals surface area contributed by atoms with E-state index >= 15 is 0 Å². The molecule has 0 aliphatic rings. The van der Waals surface area contributed by atoms with Crippen molar-refractivity contribution < 1.29 is 14.3 Å². The van der Waals surface area contributed by atoms with Gasteiger partial charge in [-0.1, -0.05) is 32.1 Å². The van der Waals surface area contributed by atoms with Gasteiger partial charge >= 0.3 is 0 Å². The molecule has 25 heavy (non-hydrogen) atoms. The third kappa shape index (κ3) is 3.95. The van der Waals surface area contributed by atoms with Gasteiger partial charge in [-0.2, -0.15) is 0 Å². The summed E-state index contributed by atoms with van der Waals surface area (Å²) >= 11 is 4.78. The molecular weight excluding hydrogens is 406 g/mol. The lowest BCUT2D eigenvalue weighted by Crippen LogP contribution is -2.19. The maximum absolute atomic E-state index is 12.8. The van der Waals surface area contributed by atoms with Crippen LogP contribution in [0.2, 0.25) is 0 Å². The Morgan fingerprint density at radius 1 is 1.24 bits per heavy atom. The minimum atomic E-state index is -0.354. The molecule has 0 saturated carbocycles. The molecule has 1 amide bonds. The Bertz CT molecular complexity index is 760. The zero-order valence-electron chi connectivity index (χ0n) is 15.0. The van der Waals surface area contributed by atoms with Gasteiger partial charge in [0, 0.05) is 5.41 Å². The Kier molecular flexibility index (Phi) is 6.40. The topological polar surface area (TPSA) is 73.3 Å². The SMILES string of the molecule is CCC(C)(CC)c1nnc(NC(=O)c2c(OC)ccc(Br)c2OC)s1. The average Bonchev–Trinajstić information content (AvgIpc) is 3.09. The molecule has 136 valence electrons. The van der Waals surface area contributed by atoms with E-state index < -0.39 is 0 Å². The highest BCUT2D eigenvalue weighted by atomic mass is 79.9. The number of carbonyl (C=O) groups is 1. The van der Waals surface area contributed by atoms with Crippen LogP contribution in [0.3, 0.4) is 0 Å². The predicted octanol–water partition coefficient (Wildman–Crippen LogP) is 4.65. The van der Waals surface area contributed by atoms with Crippen molar-refractivity contribution in [2.45, 2.75) is 39.0 Å². The number of ether oxygens (including phenoxy) is 2. The van der Waals surface area contributed by atoms with Gasteiger partial charge in [0.15, 0.2) is 0 Å². The largest absolute Gasteiger partial charge is 0.496 e. The monoisotopic (exact) mass is 427 g/mol. The van der Waals surface area contributed by atoms with Gasteiger partial charge in [-0.05, 0) is 40.9 Å². The second-order valence-electron chi connectivity index (χ2n) is 5.79. The third-order valence-electron chi connectivity index (χ3n) is 4.44. The molecule has 1 heterocycles. The van der Waals surface area contributed by atoms with Gasteiger partial charge in [-0.3, -0.25) is 10.1 Å². The van der Waals surface area contributed by atoms with E-state index in [4.69, 9.17) is 9.47 Å². The molecule has 2 aromatic rings. The maximum atomic E-state index is 12.8. The second kappa shape index (κ2) is 8.14. The van der Waals surface area contributed by atoms with E-state index in [2.05, 4.69) is 52.2 Å². The minimum absolute atomic E-state index is 0.0359. The van der Waals surface area contributed by atoms with Gasteiger partial charge in [0.1, 0.15) is 22.1 Å². The molecule has 0 unspecified atom stereocenters. The normalized spacial score (nSPS) is 11.3. The van der Waals surface area contributed by atoms with Gasteiger partial charge in [-0.15, -0.1) is 10.2 Å². The van der Waals surface area contributed by atoms with Crippen LogP contribution >= 0.6 is 27.3 Å². The highest BCUT2D eigenvalue weighted by molar-refractivity contribution is 9.10. The Morgan fingerprint density at radius 2 is 1.92 bits per heavy atom. The van der Waals surface area contributed by atoms with Crippen LogP contribution in [0.1, 0.15) is 49.0 Å². The highest BCUT2D eigenvalue weighted by Gasteiger charge is 2.28. The Labute approximate surface area is 160 Å². The second-order valence-corrected chi connectivity index (χ2v) is 7.62. The first-order valence-electron chi connectivity index (χ1n) is 7.96. The molecule has 0 bridgehead atoms. The summed E-state index contributed by atoms with van der Waals surface area (Å²) in [4.78, 5) is 12.8. The summed E-state index contributed by atoms with van der Waals surface area (Å²) in [6.45, 7) is 6.40. The summed E-state index contributed by atoms with van der Waals surface area (Å²) in [5, 5.41) is 12.6. The lowest BCUT2D eigenvalue weighted by molar-refractivity contribution is 0.102. The number of halogens is 1. The van der Waals surface area contributed by atoms with Crippen molar-refractivity contribution in [1.82, 2.24) is 10.2 Å². The lowest BCUT2D eigenvalue weighted by atomic mass is 9.86. The molecule has 0 radical (unpaired) electrons. The van der Waals surface area contributed by atoms with E-state index in [1.807, 2.05) is 0 Å². The smallest absolute Gasteiger partial charge is 0.265 e. The molecule has 0 aliphatic carbocycles. The maximum Gasteiger partial charge on any atom is 0.265 e. The summed E-state index contributed by atoms with van der Waals surface area (Å²) in [6, 6.07) is 3.48. The number of amides is 1. The molecule has 6 nitrogen and oxygen atoms in total.